The summed E-state index contributed by atoms with van der Waals surface area (Å²) in [6.07, 6.45) is 0. The van der Waals surface area contributed by atoms with Gasteiger partial charge in [-0.15, -0.1) is 0 Å². The number of carbonyl (C=O) groups is 1. The summed E-state index contributed by atoms with van der Waals surface area (Å²) in [5.41, 5.74) is 0.346. The van der Waals surface area contributed by atoms with E-state index in [1.165, 1.54) is 0 Å². The number of anilines is 1. The second-order valence-electron chi connectivity index (χ2n) is 4.49. The Labute approximate surface area is 122 Å². The molecule has 1 unspecified atom stereocenters. The molecule has 0 aromatic carbocycles. The summed E-state index contributed by atoms with van der Waals surface area (Å²) in [4.78, 5) is 18.6. The van der Waals surface area contributed by atoms with Gasteiger partial charge in [-0.25, -0.2) is 4.98 Å². The van der Waals surface area contributed by atoms with Gasteiger partial charge in [0.05, 0.1) is 5.02 Å². The lowest BCUT2D eigenvalue weighted by Gasteiger charge is -2.30. The first-order chi connectivity index (χ1) is 9.11. The van der Waals surface area contributed by atoms with E-state index in [0.717, 1.165) is 25.4 Å². The Kier molecular flexibility index (Phi) is 4.93. The Morgan fingerprint density at radius 3 is 3.11 bits per heavy atom. The zero-order chi connectivity index (χ0) is 13.8. The predicted octanol–water partition coefficient (Wildman–Crippen LogP) is 2.74. The minimum atomic E-state index is -0.0723. The zero-order valence-corrected chi connectivity index (χ0v) is 12.7. The van der Waals surface area contributed by atoms with E-state index >= 15 is 0 Å². The molecule has 1 aromatic rings. The van der Waals surface area contributed by atoms with Gasteiger partial charge >= 0.3 is 0 Å². The Bertz CT molecular complexity index is 469. The molecule has 1 aliphatic rings. The van der Waals surface area contributed by atoms with Gasteiger partial charge in [-0.3, -0.25) is 4.79 Å². The number of thioether (sulfide) groups is 1. The maximum Gasteiger partial charge on any atom is 0.274 e. The molecule has 1 N–H and O–H groups in total. The normalized spacial score (nSPS) is 19.3. The zero-order valence-electron chi connectivity index (χ0n) is 11.1. The molecule has 1 fully saturated rings. The number of hydrogen-bond donors (Lipinski definition) is 1. The van der Waals surface area contributed by atoms with Crippen LogP contribution in [-0.4, -0.2) is 46.4 Å². The molecule has 1 amide bonds. The molecule has 2 heterocycles. The van der Waals surface area contributed by atoms with Crippen LogP contribution < -0.4 is 5.32 Å². The van der Waals surface area contributed by atoms with Crippen molar-refractivity contribution in [2.24, 2.45) is 0 Å². The standard InChI is InChI=1S/C13H18ClN3OS/c1-3-15-11-5-4-10(14)12(16-11)13(18)17-6-7-19-9(2)8-17/h4-5,9H,3,6-8H2,1-2H3,(H,15,16). The van der Waals surface area contributed by atoms with E-state index in [1.54, 1.807) is 12.1 Å². The van der Waals surface area contributed by atoms with E-state index in [-0.39, 0.29) is 5.91 Å². The number of rotatable bonds is 3. The van der Waals surface area contributed by atoms with Crippen molar-refractivity contribution >= 4 is 35.1 Å². The fourth-order valence-electron chi connectivity index (χ4n) is 2.02. The summed E-state index contributed by atoms with van der Waals surface area (Å²) in [6.45, 7) is 6.40. The average Bonchev–Trinajstić information content (AvgIpc) is 2.40. The lowest BCUT2D eigenvalue weighted by molar-refractivity contribution is 0.0757. The highest BCUT2D eigenvalue weighted by molar-refractivity contribution is 7.99. The molecule has 104 valence electrons. The second kappa shape index (κ2) is 6.48. The van der Waals surface area contributed by atoms with Crippen LogP contribution in [0.2, 0.25) is 5.02 Å². The van der Waals surface area contributed by atoms with Crippen molar-refractivity contribution in [2.75, 3.05) is 30.7 Å². The maximum atomic E-state index is 12.5. The van der Waals surface area contributed by atoms with Crippen LogP contribution in [0.25, 0.3) is 0 Å². The highest BCUT2D eigenvalue weighted by Gasteiger charge is 2.25. The van der Waals surface area contributed by atoms with Gasteiger partial charge in [0, 0.05) is 30.6 Å². The third-order valence-electron chi connectivity index (χ3n) is 2.93. The van der Waals surface area contributed by atoms with E-state index in [4.69, 9.17) is 11.6 Å². The fraction of sp³-hybridized carbons (Fsp3) is 0.538. The summed E-state index contributed by atoms with van der Waals surface area (Å²) in [5.74, 6) is 1.59. The second-order valence-corrected chi connectivity index (χ2v) is 6.44. The summed E-state index contributed by atoms with van der Waals surface area (Å²) in [6, 6.07) is 3.51. The van der Waals surface area contributed by atoms with Crippen LogP contribution in [0.5, 0.6) is 0 Å². The first kappa shape index (κ1) is 14.5. The van der Waals surface area contributed by atoms with E-state index in [0.29, 0.717) is 21.8 Å². The molecule has 1 atom stereocenters. The molecule has 2 rings (SSSR count). The monoisotopic (exact) mass is 299 g/mol. The summed E-state index contributed by atoms with van der Waals surface area (Å²) < 4.78 is 0. The van der Waals surface area contributed by atoms with E-state index in [9.17, 15) is 4.79 Å². The average molecular weight is 300 g/mol. The fourth-order valence-corrected chi connectivity index (χ4v) is 3.22. The number of aromatic nitrogens is 1. The lowest BCUT2D eigenvalue weighted by Crippen LogP contribution is -2.41. The first-order valence-corrected chi connectivity index (χ1v) is 7.85. The molecule has 1 saturated heterocycles. The van der Waals surface area contributed by atoms with Gasteiger partial charge in [0.15, 0.2) is 0 Å². The van der Waals surface area contributed by atoms with E-state index in [2.05, 4.69) is 17.2 Å². The first-order valence-electron chi connectivity index (χ1n) is 6.43. The number of nitrogens with one attached hydrogen (secondary N) is 1. The molecule has 0 radical (unpaired) electrons. The predicted molar refractivity (Wildman–Crippen MR) is 81.2 cm³/mol. The van der Waals surface area contributed by atoms with Crippen molar-refractivity contribution in [3.8, 4) is 0 Å². The number of carbonyl (C=O) groups excluding carboxylic acids is 1. The van der Waals surface area contributed by atoms with Gasteiger partial charge in [-0.2, -0.15) is 11.8 Å². The highest BCUT2D eigenvalue weighted by Crippen LogP contribution is 2.23. The number of halogens is 1. The molecule has 4 nitrogen and oxygen atoms in total. The lowest BCUT2D eigenvalue weighted by atomic mass is 10.2. The van der Waals surface area contributed by atoms with Gasteiger partial charge < -0.3 is 10.2 Å². The number of amides is 1. The molecule has 0 bridgehead atoms. The highest BCUT2D eigenvalue weighted by atomic mass is 35.5. The van der Waals surface area contributed by atoms with E-state index in [1.807, 2.05) is 23.6 Å². The van der Waals surface area contributed by atoms with E-state index < -0.39 is 0 Å². The quantitative estimate of drug-likeness (QED) is 0.932. The number of pyridine rings is 1. The topological polar surface area (TPSA) is 45.2 Å². The van der Waals surface area contributed by atoms with Gasteiger partial charge in [0.2, 0.25) is 0 Å². The van der Waals surface area contributed by atoms with Crippen LogP contribution in [0.15, 0.2) is 12.1 Å². The SMILES string of the molecule is CCNc1ccc(Cl)c(C(=O)N2CCSC(C)C2)n1. The molecule has 19 heavy (non-hydrogen) atoms. The molecule has 6 heteroatoms. The van der Waals surface area contributed by atoms with Gasteiger partial charge in [0.1, 0.15) is 11.5 Å². The van der Waals surface area contributed by atoms with Gasteiger partial charge in [0.25, 0.3) is 5.91 Å². The number of nitrogens with zero attached hydrogens (tertiary/aromatic N) is 2. The Balaban J connectivity index is 2.19. The largest absolute Gasteiger partial charge is 0.370 e. The number of hydrogen-bond acceptors (Lipinski definition) is 4. The summed E-state index contributed by atoms with van der Waals surface area (Å²) in [7, 11) is 0. The van der Waals surface area contributed by atoms with Crippen molar-refractivity contribution in [3.05, 3.63) is 22.8 Å². The Morgan fingerprint density at radius 2 is 2.42 bits per heavy atom. The van der Waals surface area contributed by atoms with Crippen molar-refractivity contribution < 1.29 is 4.79 Å². The summed E-state index contributed by atoms with van der Waals surface area (Å²) >= 11 is 7.99. The van der Waals surface area contributed by atoms with Crippen LogP contribution in [-0.2, 0) is 0 Å². The third kappa shape index (κ3) is 3.54. The van der Waals surface area contributed by atoms with Crippen LogP contribution in [0, 0.1) is 0 Å². The smallest absolute Gasteiger partial charge is 0.274 e. The molecular weight excluding hydrogens is 282 g/mol. The molecule has 1 aromatic heterocycles. The molecular formula is C13H18ClN3OS. The van der Waals surface area contributed by atoms with Crippen LogP contribution in [0.4, 0.5) is 5.82 Å². The summed E-state index contributed by atoms with van der Waals surface area (Å²) in [5, 5.41) is 3.98. The maximum absolute atomic E-state index is 12.5. The van der Waals surface area contributed by atoms with Gasteiger partial charge in [-0.1, -0.05) is 18.5 Å². The van der Waals surface area contributed by atoms with Crippen molar-refractivity contribution in [2.45, 2.75) is 19.1 Å². The molecule has 0 saturated carbocycles. The minimum absolute atomic E-state index is 0.0723. The molecule has 0 spiro atoms. The van der Waals surface area contributed by atoms with Crippen molar-refractivity contribution in [3.63, 3.8) is 0 Å². The van der Waals surface area contributed by atoms with Gasteiger partial charge in [-0.05, 0) is 19.1 Å². The Morgan fingerprint density at radius 1 is 1.63 bits per heavy atom. The molecule has 1 aliphatic heterocycles. The Hall–Kier alpha value is -0.940. The van der Waals surface area contributed by atoms with Crippen molar-refractivity contribution in [1.82, 2.24) is 9.88 Å². The van der Waals surface area contributed by atoms with Crippen LogP contribution >= 0.6 is 23.4 Å². The third-order valence-corrected chi connectivity index (χ3v) is 4.38. The van der Waals surface area contributed by atoms with Crippen LogP contribution in [0.1, 0.15) is 24.3 Å². The minimum Gasteiger partial charge on any atom is -0.370 e. The molecule has 0 aliphatic carbocycles. The van der Waals surface area contributed by atoms with Crippen molar-refractivity contribution in [1.29, 1.82) is 0 Å². The van der Waals surface area contributed by atoms with Crippen LogP contribution in [0.3, 0.4) is 0 Å².